The highest BCUT2D eigenvalue weighted by atomic mass is 16.5. The van der Waals surface area contributed by atoms with Crippen LogP contribution in [0.15, 0.2) is 4.52 Å². The fraction of sp³-hybridized carbons (Fsp3) is 0.800. The van der Waals surface area contributed by atoms with Crippen LogP contribution in [0.4, 0.5) is 0 Å². The van der Waals surface area contributed by atoms with E-state index in [4.69, 9.17) is 10.3 Å². The standard InChI is InChI=1S/C10H18N4O/c1-2-14-5-3-4-8(14)6-10-12-9(7-11)13-15-10/h8H,2-7,11H2,1H3. The van der Waals surface area contributed by atoms with Gasteiger partial charge in [0.15, 0.2) is 5.82 Å². The first kappa shape index (κ1) is 10.6. The Morgan fingerprint density at radius 1 is 1.60 bits per heavy atom. The molecule has 1 fully saturated rings. The van der Waals surface area contributed by atoms with Crippen molar-refractivity contribution in [3.8, 4) is 0 Å². The van der Waals surface area contributed by atoms with E-state index in [9.17, 15) is 0 Å². The average molecular weight is 210 g/mol. The summed E-state index contributed by atoms with van der Waals surface area (Å²) in [5.74, 6) is 1.33. The van der Waals surface area contributed by atoms with Crippen molar-refractivity contribution in [2.75, 3.05) is 13.1 Å². The maximum Gasteiger partial charge on any atom is 0.228 e. The third kappa shape index (κ3) is 2.35. The first-order chi connectivity index (χ1) is 7.33. The van der Waals surface area contributed by atoms with E-state index in [1.54, 1.807) is 0 Å². The van der Waals surface area contributed by atoms with Crippen LogP contribution in [-0.2, 0) is 13.0 Å². The molecule has 1 aromatic rings. The lowest BCUT2D eigenvalue weighted by molar-refractivity contribution is 0.246. The number of hydrogen-bond donors (Lipinski definition) is 1. The predicted octanol–water partition coefficient (Wildman–Crippen LogP) is 0.555. The molecule has 1 atom stereocenters. The molecule has 0 radical (unpaired) electrons. The van der Waals surface area contributed by atoms with Gasteiger partial charge in [0.1, 0.15) is 0 Å². The number of nitrogens with zero attached hydrogens (tertiary/aromatic N) is 3. The maximum absolute atomic E-state index is 5.43. The van der Waals surface area contributed by atoms with Gasteiger partial charge in [0.25, 0.3) is 0 Å². The Hall–Kier alpha value is -0.940. The highest BCUT2D eigenvalue weighted by molar-refractivity contribution is 4.91. The van der Waals surface area contributed by atoms with E-state index < -0.39 is 0 Å². The van der Waals surface area contributed by atoms with E-state index in [1.807, 2.05) is 0 Å². The molecule has 84 valence electrons. The zero-order chi connectivity index (χ0) is 10.7. The van der Waals surface area contributed by atoms with E-state index in [0.717, 1.165) is 18.9 Å². The number of rotatable bonds is 4. The molecule has 1 aliphatic heterocycles. The van der Waals surface area contributed by atoms with Crippen LogP contribution < -0.4 is 5.73 Å². The van der Waals surface area contributed by atoms with Crippen LogP contribution in [-0.4, -0.2) is 34.2 Å². The zero-order valence-electron chi connectivity index (χ0n) is 9.15. The van der Waals surface area contributed by atoms with E-state index in [-0.39, 0.29) is 0 Å². The Morgan fingerprint density at radius 2 is 2.47 bits per heavy atom. The summed E-state index contributed by atoms with van der Waals surface area (Å²) in [6.07, 6.45) is 3.37. The molecule has 0 amide bonds. The SMILES string of the molecule is CCN1CCCC1Cc1nc(CN)no1. The smallest absolute Gasteiger partial charge is 0.228 e. The summed E-state index contributed by atoms with van der Waals surface area (Å²) < 4.78 is 5.14. The molecular weight excluding hydrogens is 192 g/mol. The van der Waals surface area contributed by atoms with Crippen molar-refractivity contribution in [3.63, 3.8) is 0 Å². The van der Waals surface area contributed by atoms with E-state index in [2.05, 4.69) is 22.0 Å². The van der Waals surface area contributed by atoms with Crippen molar-refractivity contribution >= 4 is 0 Å². The van der Waals surface area contributed by atoms with Crippen LogP contribution >= 0.6 is 0 Å². The summed E-state index contributed by atoms with van der Waals surface area (Å²) in [6.45, 7) is 4.84. The van der Waals surface area contributed by atoms with Gasteiger partial charge in [-0.2, -0.15) is 4.98 Å². The summed E-state index contributed by atoms with van der Waals surface area (Å²) in [4.78, 5) is 6.70. The van der Waals surface area contributed by atoms with Gasteiger partial charge in [0, 0.05) is 12.5 Å². The van der Waals surface area contributed by atoms with Gasteiger partial charge in [-0.25, -0.2) is 0 Å². The lowest BCUT2D eigenvalue weighted by atomic mass is 10.1. The van der Waals surface area contributed by atoms with Crippen molar-refractivity contribution in [2.24, 2.45) is 5.73 Å². The van der Waals surface area contributed by atoms with Gasteiger partial charge >= 0.3 is 0 Å². The van der Waals surface area contributed by atoms with Crippen molar-refractivity contribution < 1.29 is 4.52 Å². The number of likely N-dealkylation sites (N-methyl/N-ethyl adjacent to an activating group) is 1. The Kier molecular flexibility index (Phi) is 3.33. The Balaban J connectivity index is 1.95. The van der Waals surface area contributed by atoms with Gasteiger partial charge in [-0.3, -0.25) is 0 Å². The van der Waals surface area contributed by atoms with Crippen LogP contribution in [0.5, 0.6) is 0 Å². The van der Waals surface area contributed by atoms with Gasteiger partial charge < -0.3 is 15.2 Å². The van der Waals surface area contributed by atoms with Gasteiger partial charge in [-0.1, -0.05) is 12.1 Å². The van der Waals surface area contributed by atoms with Crippen molar-refractivity contribution in [1.29, 1.82) is 0 Å². The highest BCUT2D eigenvalue weighted by Crippen LogP contribution is 2.19. The van der Waals surface area contributed by atoms with Gasteiger partial charge in [0.2, 0.25) is 5.89 Å². The van der Waals surface area contributed by atoms with Gasteiger partial charge in [0.05, 0.1) is 6.54 Å². The number of likely N-dealkylation sites (tertiary alicyclic amines) is 1. The molecule has 2 N–H and O–H groups in total. The molecule has 2 rings (SSSR count). The molecule has 2 heterocycles. The summed E-state index contributed by atoms with van der Waals surface area (Å²) in [5, 5.41) is 3.80. The maximum atomic E-state index is 5.43. The molecule has 0 bridgehead atoms. The van der Waals surface area contributed by atoms with E-state index in [0.29, 0.717) is 18.4 Å². The zero-order valence-corrected chi connectivity index (χ0v) is 9.15. The van der Waals surface area contributed by atoms with Crippen LogP contribution in [0.1, 0.15) is 31.5 Å². The summed E-state index contributed by atoms with van der Waals surface area (Å²) in [7, 11) is 0. The second-order valence-electron chi connectivity index (χ2n) is 3.94. The molecule has 0 spiro atoms. The van der Waals surface area contributed by atoms with Gasteiger partial charge in [-0.05, 0) is 25.9 Å². The molecule has 0 aliphatic carbocycles. The Bertz CT molecular complexity index is 312. The molecule has 1 saturated heterocycles. The fourth-order valence-corrected chi connectivity index (χ4v) is 2.20. The summed E-state index contributed by atoms with van der Waals surface area (Å²) in [5.41, 5.74) is 5.43. The monoisotopic (exact) mass is 210 g/mol. The minimum absolute atomic E-state index is 0.353. The molecule has 5 heteroatoms. The van der Waals surface area contributed by atoms with Crippen molar-refractivity contribution in [1.82, 2.24) is 15.0 Å². The highest BCUT2D eigenvalue weighted by Gasteiger charge is 2.25. The van der Waals surface area contributed by atoms with E-state index >= 15 is 0 Å². The Morgan fingerprint density at radius 3 is 3.13 bits per heavy atom. The minimum atomic E-state index is 0.353. The first-order valence-corrected chi connectivity index (χ1v) is 5.59. The first-order valence-electron chi connectivity index (χ1n) is 5.59. The molecule has 0 aromatic carbocycles. The molecule has 1 aliphatic rings. The number of nitrogens with two attached hydrogens (primary N) is 1. The fourth-order valence-electron chi connectivity index (χ4n) is 2.20. The number of hydrogen-bond acceptors (Lipinski definition) is 5. The molecule has 0 saturated carbocycles. The Labute approximate surface area is 89.6 Å². The second kappa shape index (κ2) is 4.72. The normalized spacial score (nSPS) is 22.4. The molecule has 15 heavy (non-hydrogen) atoms. The second-order valence-corrected chi connectivity index (χ2v) is 3.94. The largest absolute Gasteiger partial charge is 0.339 e. The predicted molar refractivity (Wildman–Crippen MR) is 56.2 cm³/mol. The van der Waals surface area contributed by atoms with Crippen LogP contribution in [0.3, 0.4) is 0 Å². The van der Waals surface area contributed by atoms with Crippen LogP contribution in [0.2, 0.25) is 0 Å². The van der Waals surface area contributed by atoms with Crippen LogP contribution in [0.25, 0.3) is 0 Å². The molecular formula is C10H18N4O. The minimum Gasteiger partial charge on any atom is -0.339 e. The lowest BCUT2D eigenvalue weighted by Crippen LogP contribution is -2.30. The quantitative estimate of drug-likeness (QED) is 0.786. The molecule has 1 aromatic heterocycles. The summed E-state index contributed by atoms with van der Waals surface area (Å²) in [6, 6.07) is 0.570. The van der Waals surface area contributed by atoms with Gasteiger partial charge in [-0.15, -0.1) is 0 Å². The van der Waals surface area contributed by atoms with Crippen molar-refractivity contribution in [2.45, 2.75) is 38.8 Å². The number of aromatic nitrogens is 2. The third-order valence-corrected chi connectivity index (χ3v) is 3.01. The molecule has 5 nitrogen and oxygen atoms in total. The topological polar surface area (TPSA) is 68.2 Å². The summed E-state index contributed by atoms with van der Waals surface area (Å²) >= 11 is 0. The lowest BCUT2D eigenvalue weighted by Gasteiger charge is -2.20. The van der Waals surface area contributed by atoms with Crippen LogP contribution in [0, 0.1) is 0 Å². The van der Waals surface area contributed by atoms with Crippen molar-refractivity contribution in [3.05, 3.63) is 11.7 Å². The van der Waals surface area contributed by atoms with E-state index in [1.165, 1.54) is 19.4 Å². The average Bonchev–Trinajstić information content (AvgIpc) is 2.87. The molecule has 1 unspecified atom stereocenters. The third-order valence-electron chi connectivity index (χ3n) is 3.01.